The molecule has 21 heavy (non-hydrogen) atoms. The van der Waals surface area contributed by atoms with Crippen LogP contribution >= 0.6 is 15.9 Å². The first kappa shape index (κ1) is 15.9. The van der Waals surface area contributed by atoms with Crippen molar-refractivity contribution >= 4 is 38.7 Å². The molecule has 2 heterocycles. The standard InChI is InChI=1S/C16H20BrN3O/c1-3-5-6-11(4-2)16(21)20-14-10-8-12-7-9-13(17)18-15(12)19-14/h7-11H,3-6H2,1-2H3,(H,18,19,20,21). The van der Waals surface area contributed by atoms with Crippen LogP contribution in [0.2, 0.25) is 0 Å². The summed E-state index contributed by atoms with van der Waals surface area (Å²) in [5.41, 5.74) is 0.629. The van der Waals surface area contributed by atoms with E-state index in [0.717, 1.165) is 35.7 Å². The van der Waals surface area contributed by atoms with Crippen molar-refractivity contribution in [3.05, 3.63) is 28.9 Å². The Morgan fingerprint density at radius 1 is 1.24 bits per heavy atom. The SMILES string of the molecule is CCCCC(CC)C(=O)Nc1ccc2ccc(Br)nc2n1. The summed E-state index contributed by atoms with van der Waals surface area (Å²) in [6.07, 6.45) is 3.96. The zero-order valence-electron chi connectivity index (χ0n) is 12.4. The van der Waals surface area contributed by atoms with Gasteiger partial charge in [-0.15, -0.1) is 0 Å². The van der Waals surface area contributed by atoms with Crippen molar-refractivity contribution in [2.75, 3.05) is 5.32 Å². The molecular formula is C16H20BrN3O. The molecule has 0 aromatic carbocycles. The average molecular weight is 350 g/mol. The van der Waals surface area contributed by atoms with E-state index in [2.05, 4.69) is 38.1 Å². The molecule has 0 saturated carbocycles. The number of rotatable bonds is 6. The van der Waals surface area contributed by atoms with Crippen LogP contribution < -0.4 is 5.32 Å². The molecule has 0 saturated heterocycles. The Kier molecular flexibility index (Phi) is 5.67. The number of hydrogen-bond donors (Lipinski definition) is 1. The van der Waals surface area contributed by atoms with Crippen molar-refractivity contribution in [3.8, 4) is 0 Å². The van der Waals surface area contributed by atoms with E-state index >= 15 is 0 Å². The number of anilines is 1. The van der Waals surface area contributed by atoms with Crippen LogP contribution in [-0.2, 0) is 4.79 Å². The Balaban J connectivity index is 2.13. The number of hydrogen-bond acceptors (Lipinski definition) is 3. The molecule has 112 valence electrons. The highest BCUT2D eigenvalue weighted by atomic mass is 79.9. The predicted octanol–water partition coefficient (Wildman–Crippen LogP) is 4.55. The first-order valence-electron chi connectivity index (χ1n) is 7.38. The zero-order chi connectivity index (χ0) is 15.2. The molecule has 2 rings (SSSR count). The van der Waals surface area contributed by atoms with Gasteiger partial charge < -0.3 is 5.32 Å². The molecule has 0 aliphatic rings. The molecule has 2 aromatic heterocycles. The Labute approximate surface area is 133 Å². The third-order valence-corrected chi connectivity index (χ3v) is 3.98. The predicted molar refractivity (Wildman–Crippen MR) is 89.2 cm³/mol. The van der Waals surface area contributed by atoms with Crippen LogP contribution in [0.25, 0.3) is 11.0 Å². The zero-order valence-corrected chi connectivity index (χ0v) is 14.0. The largest absolute Gasteiger partial charge is 0.310 e. The fraction of sp³-hybridized carbons (Fsp3) is 0.438. The molecule has 2 aromatic rings. The molecule has 5 heteroatoms. The number of carbonyl (C=O) groups excluding carboxylic acids is 1. The molecule has 0 radical (unpaired) electrons. The Hall–Kier alpha value is -1.49. The van der Waals surface area contributed by atoms with Crippen molar-refractivity contribution in [1.29, 1.82) is 0 Å². The Bertz CT molecular complexity index is 630. The minimum atomic E-state index is 0.0489. The Morgan fingerprint density at radius 3 is 2.71 bits per heavy atom. The molecule has 4 nitrogen and oxygen atoms in total. The van der Waals surface area contributed by atoms with E-state index in [-0.39, 0.29) is 11.8 Å². The minimum absolute atomic E-state index is 0.0489. The number of fused-ring (bicyclic) bond motifs is 1. The summed E-state index contributed by atoms with van der Waals surface area (Å²) in [4.78, 5) is 21.0. The quantitative estimate of drug-likeness (QED) is 0.778. The van der Waals surface area contributed by atoms with Crippen LogP contribution in [0, 0.1) is 5.92 Å². The second kappa shape index (κ2) is 7.50. The molecule has 1 N–H and O–H groups in total. The number of nitrogens with zero attached hydrogens (tertiary/aromatic N) is 2. The maximum absolute atomic E-state index is 12.3. The number of pyridine rings is 2. The summed E-state index contributed by atoms with van der Waals surface area (Å²) < 4.78 is 0.736. The van der Waals surface area contributed by atoms with Gasteiger partial charge in [0.15, 0.2) is 5.65 Å². The van der Waals surface area contributed by atoms with Crippen LogP contribution in [0.4, 0.5) is 5.82 Å². The van der Waals surface area contributed by atoms with Crippen molar-refractivity contribution in [1.82, 2.24) is 9.97 Å². The summed E-state index contributed by atoms with van der Waals surface area (Å²) in [6.45, 7) is 4.19. The number of carbonyl (C=O) groups is 1. The highest BCUT2D eigenvalue weighted by molar-refractivity contribution is 9.10. The van der Waals surface area contributed by atoms with Gasteiger partial charge in [0.1, 0.15) is 10.4 Å². The van der Waals surface area contributed by atoms with Gasteiger partial charge in [-0.1, -0.05) is 26.7 Å². The Morgan fingerprint density at radius 2 is 2.00 bits per heavy atom. The summed E-state index contributed by atoms with van der Waals surface area (Å²) in [5, 5.41) is 3.86. The first-order chi connectivity index (χ1) is 10.1. The van der Waals surface area contributed by atoms with Gasteiger partial charge in [0.2, 0.25) is 5.91 Å². The lowest BCUT2D eigenvalue weighted by molar-refractivity contribution is -0.120. The van der Waals surface area contributed by atoms with Crippen molar-refractivity contribution in [2.45, 2.75) is 39.5 Å². The highest BCUT2D eigenvalue weighted by Gasteiger charge is 2.16. The smallest absolute Gasteiger partial charge is 0.228 e. The topological polar surface area (TPSA) is 54.9 Å². The van der Waals surface area contributed by atoms with E-state index in [9.17, 15) is 4.79 Å². The van der Waals surface area contributed by atoms with Gasteiger partial charge in [-0.3, -0.25) is 4.79 Å². The number of amides is 1. The second-order valence-corrected chi connectivity index (χ2v) is 5.93. The molecule has 0 aliphatic carbocycles. The second-order valence-electron chi connectivity index (χ2n) is 5.11. The van der Waals surface area contributed by atoms with Gasteiger partial charge in [-0.2, -0.15) is 0 Å². The summed E-state index contributed by atoms with van der Waals surface area (Å²) in [7, 11) is 0. The van der Waals surface area contributed by atoms with E-state index < -0.39 is 0 Å². The molecule has 1 unspecified atom stereocenters. The van der Waals surface area contributed by atoms with Gasteiger partial charge in [0.25, 0.3) is 0 Å². The highest BCUT2D eigenvalue weighted by Crippen LogP contribution is 2.18. The monoisotopic (exact) mass is 349 g/mol. The molecule has 0 spiro atoms. The maximum atomic E-state index is 12.3. The molecule has 0 bridgehead atoms. The summed E-state index contributed by atoms with van der Waals surface area (Å²) in [6, 6.07) is 7.56. The van der Waals surface area contributed by atoms with Gasteiger partial charge in [-0.25, -0.2) is 9.97 Å². The van der Waals surface area contributed by atoms with Crippen molar-refractivity contribution in [3.63, 3.8) is 0 Å². The van der Waals surface area contributed by atoms with Crippen LogP contribution in [0.1, 0.15) is 39.5 Å². The summed E-state index contributed by atoms with van der Waals surface area (Å²) >= 11 is 3.33. The molecule has 1 amide bonds. The van der Waals surface area contributed by atoms with Crippen LogP contribution in [0.15, 0.2) is 28.9 Å². The normalized spacial score (nSPS) is 12.3. The van der Waals surface area contributed by atoms with Crippen molar-refractivity contribution < 1.29 is 4.79 Å². The van der Waals surface area contributed by atoms with E-state index in [1.165, 1.54) is 0 Å². The van der Waals surface area contributed by atoms with E-state index in [1.54, 1.807) is 0 Å². The number of aromatic nitrogens is 2. The maximum Gasteiger partial charge on any atom is 0.228 e. The number of unbranched alkanes of at least 4 members (excludes halogenated alkanes) is 1. The lowest BCUT2D eigenvalue weighted by Gasteiger charge is -2.14. The lowest BCUT2D eigenvalue weighted by Crippen LogP contribution is -2.22. The van der Waals surface area contributed by atoms with Gasteiger partial charge in [0, 0.05) is 11.3 Å². The fourth-order valence-corrected chi connectivity index (χ4v) is 2.54. The number of halogens is 1. The van der Waals surface area contributed by atoms with Gasteiger partial charge in [0.05, 0.1) is 0 Å². The number of nitrogens with one attached hydrogen (secondary N) is 1. The van der Waals surface area contributed by atoms with Crippen LogP contribution in [0.3, 0.4) is 0 Å². The first-order valence-corrected chi connectivity index (χ1v) is 8.17. The van der Waals surface area contributed by atoms with Crippen LogP contribution in [-0.4, -0.2) is 15.9 Å². The average Bonchev–Trinajstić information content (AvgIpc) is 2.47. The van der Waals surface area contributed by atoms with E-state index in [1.807, 2.05) is 31.2 Å². The molecular weight excluding hydrogens is 330 g/mol. The van der Waals surface area contributed by atoms with Crippen LogP contribution in [0.5, 0.6) is 0 Å². The van der Waals surface area contributed by atoms with E-state index in [0.29, 0.717) is 11.5 Å². The fourth-order valence-electron chi connectivity index (χ4n) is 2.24. The lowest BCUT2D eigenvalue weighted by atomic mass is 9.98. The molecule has 0 fully saturated rings. The van der Waals surface area contributed by atoms with Crippen molar-refractivity contribution in [2.24, 2.45) is 5.92 Å². The molecule has 0 aliphatic heterocycles. The van der Waals surface area contributed by atoms with Gasteiger partial charge in [-0.05, 0) is 53.0 Å². The molecule has 1 atom stereocenters. The van der Waals surface area contributed by atoms with E-state index in [4.69, 9.17) is 0 Å². The third kappa shape index (κ3) is 4.24. The third-order valence-electron chi connectivity index (χ3n) is 3.54. The summed E-state index contributed by atoms with van der Waals surface area (Å²) in [5.74, 6) is 0.666. The van der Waals surface area contributed by atoms with Gasteiger partial charge >= 0.3 is 0 Å². The minimum Gasteiger partial charge on any atom is -0.310 e.